The van der Waals surface area contributed by atoms with Gasteiger partial charge in [-0.05, 0) is 68.3 Å². The zero-order chi connectivity index (χ0) is 20.5. The quantitative estimate of drug-likeness (QED) is 0.670. The van der Waals surface area contributed by atoms with Crippen molar-refractivity contribution in [3.05, 3.63) is 64.3 Å². The molecule has 1 fully saturated rings. The first-order valence-electron chi connectivity index (χ1n) is 9.82. The molecule has 0 unspecified atom stereocenters. The third kappa shape index (κ3) is 3.90. The second-order valence-corrected chi connectivity index (χ2v) is 8.75. The Balaban J connectivity index is 1.52. The SMILES string of the molecule is Cc1cc(C(=O)N2CCSCC2)ccc1NC(=O)c1ccc2[nH]c(C)c(C)c2c1. The summed E-state index contributed by atoms with van der Waals surface area (Å²) in [6, 6.07) is 11.2. The number of benzene rings is 2. The van der Waals surface area contributed by atoms with E-state index in [2.05, 4.69) is 17.2 Å². The van der Waals surface area contributed by atoms with E-state index in [1.807, 2.05) is 60.8 Å². The number of amides is 2. The number of aromatic nitrogens is 1. The van der Waals surface area contributed by atoms with Crippen LogP contribution in [-0.4, -0.2) is 46.3 Å². The first-order valence-corrected chi connectivity index (χ1v) is 11.0. The molecule has 1 aromatic heterocycles. The minimum atomic E-state index is -0.152. The molecule has 2 N–H and O–H groups in total. The number of rotatable bonds is 3. The van der Waals surface area contributed by atoms with Crippen molar-refractivity contribution >= 4 is 40.2 Å². The smallest absolute Gasteiger partial charge is 0.255 e. The first kappa shape index (κ1) is 19.6. The lowest BCUT2D eigenvalue weighted by Crippen LogP contribution is -2.37. The monoisotopic (exact) mass is 407 g/mol. The maximum atomic E-state index is 12.8. The summed E-state index contributed by atoms with van der Waals surface area (Å²) >= 11 is 1.88. The Morgan fingerprint density at radius 3 is 2.45 bits per heavy atom. The van der Waals surface area contributed by atoms with Gasteiger partial charge in [-0.15, -0.1) is 0 Å². The second kappa shape index (κ2) is 7.95. The van der Waals surface area contributed by atoms with Crippen LogP contribution >= 0.6 is 11.8 Å². The summed E-state index contributed by atoms with van der Waals surface area (Å²) in [5.41, 5.74) is 6.20. The molecule has 150 valence electrons. The zero-order valence-electron chi connectivity index (χ0n) is 17.0. The van der Waals surface area contributed by atoms with Crippen LogP contribution in [0.5, 0.6) is 0 Å². The molecule has 1 aliphatic heterocycles. The Hall–Kier alpha value is -2.73. The lowest BCUT2D eigenvalue weighted by atomic mass is 10.1. The molecule has 0 bridgehead atoms. The van der Waals surface area contributed by atoms with Gasteiger partial charge in [0.05, 0.1) is 0 Å². The average Bonchev–Trinajstić information content (AvgIpc) is 3.02. The molecule has 29 heavy (non-hydrogen) atoms. The number of anilines is 1. The summed E-state index contributed by atoms with van der Waals surface area (Å²) < 4.78 is 0. The Kier molecular flexibility index (Phi) is 5.37. The van der Waals surface area contributed by atoms with Crippen molar-refractivity contribution < 1.29 is 9.59 Å². The van der Waals surface area contributed by atoms with Gasteiger partial charge in [0.1, 0.15) is 0 Å². The van der Waals surface area contributed by atoms with Gasteiger partial charge in [-0.1, -0.05) is 0 Å². The first-order chi connectivity index (χ1) is 13.9. The summed E-state index contributed by atoms with van der Waals surface area (Å²) in [6.45, 7) is 7.59. The number of hydrogen-bond donors (Lipinski definition) is 2. The number of fused-ring (bicyclic) bond motifs is 1. The highest BCUT2D eigenvalue weighted by atomic mass is 32.2. The molecular weight excluding hydrogens is 382 g/mol. The maximum Gasteiger partial charge on any atom is 0.255 e. The van der Waals surface area contributed by atoms with Crippen LogP contribution in [0, 0.1) is 20.8 Å². The van der Waals surface area contributed by atoms with Crippen molar-refractivity contribution in [2.75, 3.05) is 29.9 Å². The van der Waals surface area contributed by atoms with Crippen molar-refractivity contribution in [1.29, 1.82) is 0 Å². The largest absolute Gasteiger partial charge is 0.358 e. The minimum Gasteiger partial charge on any atom is -0.358 e. The van der Waals surface area contributed by atoms with Crippen LogP contribution in [0.25, 0.3) is 10.9 Å². The van der Waals surface area contributed by atoms with Crippen molar-refractivity contribution in [2.45, 2.75) is 20.8 Å². The van der Waals surface area contributed by atoms with Gasteiger partial charge < -0.3 is 15.2 Å². The van der Waals surface area contributed by atoms with E-state index in [-0.39, 0.29) is 11.8 Å². The number of aryl methyl sites for hydroxylation is 3. The number of carbonyl (C=O) groups is 2. The summed E-state index contributed by atoms with van der Waals surface area (Å²) in [4.78, 5) is 30.7. The van der Waals surface area contributed by atoms with Crippen LogP contribution < -0.4 is 5.32 Å². The molecule has 0 aliphatic carbocycles. The molecule has 6 heteroatoms. The molecule has 2 amide bonds. The van der Waals surface area contributed by atoms with Crippen LogP contribution in [0.4, 0.5) is 5.69 Å². The Morgan fingerprint density at radius 2 is 1.72 bits per heavy atom. The number of carbonyl (C=O) groups excluding carboxylic acids is 2. The highest BCUT2D eigenvalue weighted by molar-refractivity contribution is 7.99. The van der Waals surface area contributed by atoms with Gasteiger partial charge in [-0.3, -0.25) is 9.59 Å². The molecule has 4 rings (SSSR count). The molecule has 3 aromatic rings. The Morgan fingerprint density at radius 1 is 1.00 bits per heavy atom. The van der Waals surface area contributed by atoms with E-state index < -0.39 is 0 Å². The summed E-state index contributed by atoms with van der Waals surface area (Å²) in [5, 5.41) is 4.05. The summed E-state index contributed by atoms with van der Waals surface area (Å²) in [6.07, 6.45) is 0. The van der Waals surface area contributed by atoms with Crippen LogP contribution in [0.2, 0.25) is 0 Å². The average molecular weight is 408 g/mol. The number of hydrogen-bond acceptors (Lipinski definition) is 3. The standard InChI is InChI=1S/C23H25N3O2S/c1-14-12-18(23(28)26-8-10-29-11-9-26)5-6-20(14)25-22(27)17-4-7-21-19(13-17)15(2)16(3)24-21/h4-7,12-13,24H,8-11H2,1-3H3,(H,25,27). The molecule has 0 radical (unpaired) electrons. The number of aromatic amines is 1. The van der Waals surface area contributed by atoms with Gasteiger partial charge in [-0.2, -0.15) is 11.8 Å². The number of nitrogens with zero attached hydrogens (tertiary/aromatic N) is 1. The van der Waals surface area contributed by atoms with Crippen LogP contribution in [0.15, 0.2) is 36.4 Å². The fourth-order valence-corrected chi connectivity index (χ4v) is 4.59. The number of nitrogens with one attached hydrogen (secondary N) is 2. The highest BCUT2D eigenvalue weighted by Gasteiger charge is 2.19. The Labute approximate surface area is 174 Å². The molecule has 0 saturated carbocycles. The van der Waals surface area contributed by atoms with Gasteiger partial charge >= 0.3 is 0 Å². The van der Waals surface area contributed by atoms with Crippen molar-refractivity contribution in [2.24, 2.45) is 0 Å². The number of thioether (sulfide) groups is 1. The lowest BCUT2D eigenvalue weighted by Gasteiger charge is -2.26. The van der Waals surface area contributed by atoms with Gasteiger partial charge in [-0.25, -0.2) is 0 Å². The third-order valence-electron chi connectivity index (χ3n) is 5.59. The van der Waals surface area contributed by atoms with E-state index in [4.69, 9.17) is 0 Å². The van der Waals surface area contributed by atoms with E-state index in [0.717, 1.165) is 58.0 Å². The molecule has 2 aromatic carbocycles. The normalized spacial score (nSPS) is 14.2. The van der Waals surface area contributed by atoms with Crippen LogP contribution in [0.3, 0.4) is 0 Å². The molecule has 5 nitrogen and oxygen atoms in total. The molecule has 0 atom stereocenters. The van der Waals surface area contributed by atoms with Crippen molar-refractivity contribution in [3.8, 4) is 0 Å². The summed E-state index contributed by atoms with van der Waals surface area (Å²) in [7, 11) is 0. The Bertz CT molecular complexity index is 1100. The van der Waals surface area contributed by atoms with E-state index in [1.54, 1.807) is 6.07 Å². The van der Waals surface area contributed by atoms with Gasteiger partial charge in [0.25, 0.3) is 11.8 Å². The zero-order valence-corrected chi connectivity index (χ0v) is 17.8. The predicted octanol–water partition coefficient (Wildman–Crippen LogP) is 4.53. The van der Waals surface area contributed by atoms with Crippen LogP contribution in [0.1, 0.15) is 37.5 Å². The second-order valence-electron chi connectivity index (χ2n) is 7.52. The maximum absolute atomic E-state index is 12.8. The van der Waals surface area contributed by atoms with Crippen molar-refractivity contribution in [1.82, 2.24) is 9.88 Å². The fourth-order valence-electron chi connectivity index (χ4n) is 3.68. The van der Waals surface area contributed by atoms with E-state index >= 15 is 0 Å². The molecule has 1 saturated heterocycles. The van der Waals surface area contributed by atoms with E-state index in [1.165, 1.54) is 0 Å². The number of H-pyrrole nitrogens is 1. The topological polar surface area (TPSA) is 65.2 Å². The lowest BCUT2D eigenvalue weighted by molar-refractivity contribution is 0.0772. The predicted molar refractivity (Wildman–Crippen MR) is 120 cm³/mol. The van der Waals surface area contributed by atoms with Crippen molar-refractivity contribution in [3.63, 3.8) is 0 Å². The minimum absolute atomic E-state index is 0.0648. The van der Waals surface area contributed by atoms with Gasteiger partial charge in [0.2, 0.25) is 0 Å². The van der Waals surface area contributed by atoms with E-state index in [0.29, 0.717) is 11.1 Å². The third-order valence-corrected chi connectivity index (χ3v) is 6.53. The van der Waals surface area contributed by atoms with Gasteiger partial charge in [0.15, 0.2) is 0 Å². The summed E-state index contributed by atoms with van der Waals surface area (Å²) in [5.74, 6) is 1.89. The molecule has 0 spiro atoms. The van der Waals surface area contributed by atoms with E-state index in [9.17, 15) is 9.59 Å². The molecule has 1 aliphatic rings. The fraction of sp³-hybridized carbons (Fsp3) is 0.304. The molecular formula is C23H25N3O2S. The van der Waals surface area contributed by atoms with Crippen LogP contribution in [-0.2, 0) is 0 Å². The molecule has 2 heterocycles. The van der Waals surface area contributed by atoms with Gasteiger partial charge in [0, 0.05) is 58.0 Å². The highest BCUT2D eigenvalue weighted by Crippen LogP contribution is 2.24.